The van der Waals surface area contributed by atoms with Crippen LogP contribution in [-0.2, 0) is 6.54 Å². The molecule has 0 aliphatic heterocycles. The fourth-order valence-electron chi connectivity index (χ4n) is 2.46. The summed E-state index contributed by atoms with van der Waals surface area (Å²) in [5.41, 5.74) is 1.24. The second-order valence-electron chi connectivity index (χ2n) is 5.91. The van der Waals surface area contributed by atoms with Crippen LogP contribution in [0.5, 0.6) is 11.6 Å². The highest BCUT2D eigenvalue weighted by Crippen LogP contribution is 2.26. The largest absolute Gasteiger partial charge is 0.493 e. The van der Waals surface area contributed by atoms with Gasteiger partial charge in [0.1, 0.15) is 5.75 Å². The van der Waals surface area contributed by atoms with Crippen molar-refractivity contribution in [3.8, 4) is 11.6 Å². The van der Waals surface area contributed by atoms with Gasteiger partial charge in [-0.3, -0.25) is 4.79 Å². The number of benzene rings is 1. The molecular formula is C20H25ClN2O3. The smallest absolute Gasteiger partial charge is 0.256 e. The highest BCUT2D eigenvalue weighted by Gasteiger charge is 2.16. The molecule has 140 valence electrons. The lowest BCUT2D eigenvalue weighted by atomic mass is 10.1. The van der Waals surface area contributed by atoms with Gasteiger partial charge in [-0.2, -0.15) is 0 Å². The van der Waals surface area contributed by atoms with Crippen molar-refractivity contribution in [1.82, 2.24) is 10.3 Å². The Morgan fingerprint density at radius 1 is 1.19 bits per heavy atom. The van der Waals surface area contributed by atoms with E-state index in [4.69, 9.17) is 21.1 Å². The van der Waals surface area contributed by atoms with Crippen LogP contribution < -0.4 is 14.8 Å². The number of nitrogens with one attached hydrogen (secondary N) is 1. The lowest BCUT2D eigenvalue weighted by Gasteiger charge is -2.13. The Balaban J connectivity index is 1.97. The Labute approximate surface area is 159 Å². The Morgan fingerprint density at radius 3 is 2.73 bits per heavy atom. The number of carbonyl (C=O) groups is 1. The van der Waals surface area contributed by atoms with Crippen molar-refractivity contribution in [3.05, 3.63) is 52.7 Å². The van der Waals surface area contributed by atoms with E-state index in [0.29, 0.717) is 35.4 Å². The molecule has 1 aromatic heterocycles. The summed E-state index contributed by atoms with van der Waals surface area (Å²) in [6.07, 6.45) is 6.09. The third-order valence-electron chi connectivity index (χ3n) is 3.92. The van der Waals surface area contributed by atoms with Crippen LogP contribution in [0, 0.1) is 0 Å². The number of hydrogen-bond donors (Lipinski definition) is 1. The molecule has 5 nitrogen and oxygen atoms in total. The average molecular weight is 377 g/mol. The summed E-state index contributed by atoms with van der Waals surface area (Å²) < 4.78 is 10.8. The van der Waals surface area contributed by atoms with Gasteiger partial charge in [0.2, 0.25) is 5.88 Å². The quantitative estimate of drug-likeness (QED) is 0.614. The summed E-state index contributed by atoms with van der Waals surface area (Å²) in [5.74, 6) is 0.777. The van der Waals surface area contributed by atoms with Crippen LogP contribution >= 0.6 is 11.6 Å². The van der Waals surface area contributed by atoms with E-state index in [1.807, 2.05) is 6.07 Å². The van der Waals surface area contributed by atoms with Crippen molar-refractivity contribution in [3.63, 3.8) is 0 Å². The molecule has 2 rings (SSSR count). The third kappa shape index (κ3) is 5.92. The summed E-state index contributed by atoms with van der Waals surface area (Å²) in [4.78, 5) is 16.7. The zero-order valence-electron chi connectivity index (χ0n) is 15.3. The minimum absolute atomic E-state index is 0.269. The zero-order chi connectivity index (χ0) is 18.8. The van der Waals surface area contributed by atoms with Gasteiger partial charge < -0.3 is 14.8 Å². The fourth-order valence-corrected chi connectivity index (χ4v) is 2.71. The molecule has 0 bridgehead atoms. The van der Waals surface area contributed by atoms with E-state index in [1.54, 1.807) is 37.6 Å². The van der Waals surface area contributed by atoms with Gasteiger partial charge in [0.25, 0.3) is 5.91 Å². The molecule has 26 heavy (non-hydrogen) atoms. The lowest BCUT2D eigenvalue weighted by molar-refractivity contribution is 0.0947. The molecular weight excluding hydrogens is 352 g/mol. The molecule has 0 aliphatic carbocycles. The zero-order valence-corrected chi connectivity index (χ0v) is 16.0. The normalized spacial score (nSPS) is 10.4. The van der Waals surface area contributed by atoms with Crippen LogP contribution in [0.3, 0.4) is 0 Å². The van der Waals surface area contributed by atoms with Crippen molar-refractivity contribution >= 4 is 17.5 Å². The number of amides is 1. The molecule has 0 aliphatic rings. The molecule has 1 heterocycles. The number of hydrogen-bond acceptors (Lipinski definition) is 4. The van der Waals surface area contributed by atoms with Crippen LogP contribution in [0.4, 0.5) is 0 Å². The maximum Gasteiger partial charge on any atom is 0.256 e. The summed E-state index contributed by atoms with van der Waals surface area (Å²) in [7, 11) is 1.56. The second-order valence-corrected chi connectivity index (χ2v) is 6.32. The molecule has 0 saturated heterocycles. The number of rotatable bonds is 10. The van der Waals surface area contributed by atoms with Crippen LogP contribution in [0.1, 0.15) is 48.5 Å². The van der Waals surface area contributed by atoms with Gasteiger partial charge in [0.15, 0.2) is 0 Å². The van der Waals surface area contributed by atoms with Crippen molar-refractivity contribution in [2.75, 3.05) is 13.7 Å². The number of ether oxygens (including phenoxy) is 2. The van der Waals surface area contributed by atoms with Crippen molar-refractivity contribution in [2.24, 2.45) is 0 Å². The number of halogens is 1. The second kappa shape index (κ2) is 10.7. The van der Waals surface area contributed by atoms with Gasteiger partial charge in [-0.25, -0.2) is 4.98 Å². The number of methoxy groups -OCH3 is 1. The van der Waals surface area contributed by atoms with Gasteiger partial charge >= 0.3 is 0 Å². The number of aromatic nitrogens is 1. The Hall–Kier alpha value is -2.27. The number of nitrogens with zero attached hydrogens (tertiary/aromatic N) is 1. The monoisotopic (exact) mass is 376 g/mol. The minimum atomic E-state index is -0.269. The highest BCUT2D eigenvalue weighted by atomic mass is 35.5. The third-order valence-corrected chi connectivity index (χ3v) is 4.23. The molecule has 0 radical (unpaired) electrons. The Morgan fingerprint density at radius 2 is 2.04 bits per heavy atom. The molecule has 1 amide bonds. The summed E-state index contributed by atoms with van der Waals surface area (Å²) in [6, 6.07) is 8.85. The van der Waals surface area contributed by atoms with Crippen LogP contribution in [0.25, 0.3) is 0 Å². The first-order chi connectivity index (χ1) is 12.7. The maximum atomic E-state index is 12.6. The Kier molecular flexibility index (Phi) is 8.22. The first-order valence-electron chi connectivity index (χ1n) is 8.84. The van der Waals surface area contributed by atoms with Crippen LogP contribution in [0.15, 0.2) is 36.5 Å². The molecule has 0 spiro atoms. The van der Waals surface area contributed by atoms with Crippen LogP contribution in [-0.4, -0.2) is 24.6 Å². The topological polar surface area (TPSA) is 60.5 Å². The van der Waals surface area contributed by atoms with Gasteiger partial charge in [0, 0.05) is 18.8 Å². The first-order valence-corrected chi connectivity index (χ1v) is 9.22. The SMILES string of the molecule is CCCCCCOc1cccc(Cl)c1C(=O)NCc1ccc(OC)nc1. The summed E-state index contributed by atoms with van der Waals surface area (Å²) in [5, 5.41) is 3.24. The standard InChI is InChI=1S/C20H25ClN2O3/c1-3-4-5-6-12-26-17-9-7-8-16(21)19(17)20(24)23-14-15-10-11-18(25-2)22-13-15/h7-11,13H,3-6,12,14H2,1-2H3,(H,23,24). The lowest BCUT2D eigenvalue weighted by Crippen LogP contribution is -2.24. The first kappa shape index (κ1) is 20.0. The van der Waals surface area contributed by atoms with Crippen LogP contribution in [0.2, 0.25) is 5.02 Å². The molecule has 0 saturated carbocycles. The van der Waals surface area contributed by atoms with Crippen molar-refractivity contribution < 1.29 is 14.3 Å². The molecule has 1 aromatic carbocycles. The van der Waals surface area contributed by atoms with E-state index in [-0.39, 0.29) is 5.91 Å². The number of unbranched alkanes of at least 4 members (excludes halogenated alkanes) is 3. The number of carbonyl (C=O) groups excluding carboxylic acids is 1. The molecule has 0 atom stereocenters. The van der Waals surface area contributed by atoms with E-state index in [9.17, 15) is 4.79 Å². The molecule has 6 heteroatoms. The van der Waals surface area contributed by atoms with Gasteiger partial charge in [-0.15, -0.1) is 0 Å². The van der Waals surface area contributed by atoms with Gasteiger partial charge in [-0.1, -0.05) is 49.9 Å². The molecule has 0 unspecified atom stereocenters. The summed E-state index contributed by atoms with van der Waals surface area (Å²) >= 11 is 6.24. The van der Waals surface area contributed by atoms with Crippen molar-refractivity contribution in [1.29, 1.82) is 0 Å². The maximum absolute atomic E-state index is 12.6. The van der Waals surface area contributed by atoms with E-state index >= 15 is 0 Å². The van der Waals surface area contributed by atoms with E-state index in [1.165, 1.54) is 12.8 Å². The predicted molar refractivity (Wildman–Crippen MR) is 103 cm³/mol. The fraction of sp³-hybridized carbons (Fsp3) is 0.400. The van der Waals surface area contributed by atoms with E-state index in [0.717, 1.165) is 18.4 Å². The van der Waals surface area contributed by atoms with E-state index < -0.39 is 0 Å². The predicted octanol–water partition coefficient (Wildman–Crippen LogP) is 4.63. The minimum Gasteiger partial charge on any atom is -0.493 e. The Bertz CT molecular complexity index is 705. The van der Waals surface area contributed by atoms with Gasteiger partial charge in [0.05, 0.1) is 24.3 Å². The van der Waals surface area contributed by atoms with Crippen molar-refractivity contribution in [2.45, 2.75) is 39.2 Å². The average Bonchev–Trinajstić information content (AvgIpc) is 2.66. The molecule has 1 N–H and O–H groups in total. The molecule has 2 aromatic rings. The van der Waals surface area contributed by atoms with Gasteiger partial charge in [-0.05, 0) is 24.1 Å². The molecule has 0 fully saturated rings. The summed E-state index contributed by atoms with van der Waals surface area (Å²) in [6.45, 7) is 3.08. The number of pyridine rings is 1. The van der Waals surface area contributed by atoms with E-state index in [2.05, 4.69) is 17.2 Å². The highest BCUT2D eigenvalue weighted by molar-refractivity contribution is 6.34.